The Kier molecular flexibility index (Phi) is 7.91. The van der Waals surface area contributed by atoms with Gasteiger partial charge in [-0.3, -0.25) is 9.78 Å². The normalized spacial score (nSPS) is 18.2. The predicted molar refractivity (Wildman–Crippen MR) is 76.8 cm³/mol. The van der Waals surface area contributed by atoms with Gasteiger partial charge in [0.25, 0.3) is 5.91 Å². The first kappa shape index (κ1) is 17.2. The molecule has 1 aromatic rings. The molecule has 2 rings (SSSR count). The van der Waals surface area contributed by atoms with Crippen LogP contribution in [0.4, 0.5) is 0 Å². The van der Waals surface area contributed by atoms with Gasteiger partial charge in [0, 0.05) is 25.0 Å². The van der Waals surface area contributed by atoms with Gasteiger partial charge in [0.2, 0.25) is 0 Å². The number of aromatic nitrogens is 1. The van der Waals surface area contributed by atoms with Crippen molar-refractivity contribution < 1.29 is 4.79 Å². The molecule has 0 saturated carbocycles. The fourth-order valence-electron chi connectivity index (χ4n) is 1.94. The van der Waals surface area contributed by atoms with Crippen molar-refractivity contribution >= 4 is 30.7 Å². The Labute approximate surface area is 120 Å². The van der Waals surface area contributed by atoms with Crippen molar-refractivity contribution in [2.75, 3.05) is 13.1 Å². The first-order valence-electron chi connectivity index (χ1n) is 5.69. The van der Waals surface area contributed by atoms with Gasteiger partial charge in [0.05, 0.1) is 5.56 Å². The number of piperidine rings is 1. The van der Waals surface area contributed by atoms with Crippen LogP contribution in [0.3, 0.4) is 0 Å². The fraction of sp³-hybridized carbons (Fsp3) is 0.500. The topological polar surface area (TPSA) is 54.0 Å². The molecule has 1 atom stereocenters. The van der Waals surface area contributed by atoms with Crippen molar-refractivity contribution in [2.24, 2.45) is 0 Å². The van der Waals surface area contributed by atoms with Crippen LogP contribution in [-0.4, -0.2) is 30.0 Å². The summed E-state index contributed by atoms with van der Waals surface area (Å²) in [6.07, 6.45) is 5.50. The molecule has 1 aliphatic rings. The lowest BCUT2D eigenvalue weighted by Crippen LogP contribution is -2.45. The summed E-state index contributed by atoms with van der Waals surface area (Å²) in [4.78, 5) is 15.9. The van der Waals surface area contributed by atoms with Gasteiger partial charge in [-0.1, -0.05) is 0 Å². The number of hydrogen-bond donors (Lipinski definition) is 2. The summed E-state index contributed by atoms with van der Waals surface area (Å²) < 4.78 is 0. The lowest BCUT2D eigenvalue weighted by molar-refractivity contribution is 0.0929. The number of nitrogens with one attached hydrogen (secondary N) is 2. The molecule has 18 heavy (non-hydrogen) atoms. The molecule has 4 nitrogen and oxygen atoms in total. The van der Waals surface area contributed by atoms with E-state index in [2.05, 4.69) is 15.6 Å². The number of carbonyl (C=O) groups excluding carboxylic acids is 1. The Morgan fingerprint density at radius 1 is 1.50 bits per heavy atom. The Morgan fingerprint density at radius 3 is 2.89 bits per heavy atom. The fourth-order valence-corrected chi connectivity index (χ4v) is 1.94. The molecule has 0 aliphatic carbocycles. The molecule has 1 saturated heterocycles. The maximum Gasteiger partial charge on any atom is 0.253 e. The predicted octanol–water partition coefficient (Wildman–Crippen LogP) is 1.72. The summed E-state index contributed by atoms with van der Waals surface area (Å²) in [6.45, 7) is 3.85. The van der Waals surface area contributed by atoms with Crippen LogP contribution >= 0.6 is 24.8 Å². The van der Waals surface area contributed by atoms with E-state index in [1.165, 1.54) is 0 Å². The van der Waals surface area contributed by atoms with Gasteiger partial charge in [-0.25, -0.2) is 0 Å². The van der Waals surface area contributed by atoms with E-state index < -0.39 is 0 Å². The molecule has 6 heteroatoms. The minimum absolute atomic E-state index is 0. The highest BCUT2D eigenvalue weighted by Crippen LogP contribution is 2.07. The van der Waals surface area contributed by atoms with Crippen LogP contribution in [0.5, 0.6) is 0 Å². The minimum atomic E-state index is -0.0145. The van der Waals surface area contributed by atoms with E-state index in [1.54, 1.807) is 12.4 Å². The maximum absolute atomic E-state index is 12.0. The van der Waals surface area contributed by atoms with Crippen molar-refractivity contribution in [1.29, 1.82) is 0 Å². The summed E-state index contributed by atoms with van der Waals surface area (Å²) in [7, 11) is 0. The van der Waals surface area contributed by atoms with Crippen LogP contribution in [0.1, 0.15) is 28.8 Å². The van der Waals surface area contributed by atoms with Crippen LogP contribution < -0.4 is 10.6 Å². The van der Waals surface area contributed by atoms with E-state index in [0.717, 1.165) is 31.5 Å². The van der Waals surface area contributed by atoms with E-state index in [1.807, 2.05) is 13.0 Å². The lowest BCUT2D eigenvalue weighted by atomic mass is 10.1. The molecule has 102 valence electrons. The van der Waals surface area contributed by atoms with Crippen molar-refractivity contribution in [1.82, 2.24) is 15.6 Å². The zero-order valence-electron chi connectivity index (χ0n) is 10.3. The van der Waals surface area contributed by atoms with Gasteiger partial charge in [-0.15, -0.1) is 24.8 Å². The highest BCUT2D eigenvalue weighted by molar-refractivity contribution is 5.95. The molecule has 0 radical (unpaired) electrons. The molecule has 1 fully saturated rings. The number of hydrogen-bond acceptors (Lipinski definition) is 3. The third-order valence-corrected chi connectivity index (χ3v) is 2.92. The molecular formula is C12H19Cl2N3O. The third-order valence-electron chi connectivity index (χ3n) is 2.92. The second-order valence-corrected chi connectivity index (χ2v) is 4.21. The molecule has 0 aromatic carbocycles. The molecule has 1 amide bonds. The first-order chi connectivity index (χ1) is 7.77. The van der Waals surface area contributed by atoms with Crippen molar-refractivity contribution in [3.63, 3.8) is 0 Å². The number of halogens is 2. The highest BCUT2D eigenvalue weighted by Gasteiger charge is 2.17. The van der Waals surface area contributed by atoms with Crippen LogP contribution in [-0.2, 0) is 0 Å². The zero-order chi connectivity index (χ0) is 11.4. The third kappa shape index (κ3) is 4.44. The summed E-state index contributed by atoms with van der Waals surface area (Å²) >= 11 is 0. The van der Waals surface area contributed by atoms with Crippen molar-refractivity contribution in [3.8, 4) is 0 Å². The molecule has 1 aliphatic heterocycles. The lowest BCUT2D eigenvalue weighted by Gasteiger charge is -2.24. The number of pyridine rings is 1. The average molecular weight is 292 g/mol. The molecule has 0 spiro atoms. The molecular weight excluding hydrogens is 273 g/mol. The van der Waals surface area contributed by atoms with Crippen molar-refractivity contribution in [2.45, 2.75) is 25.8 Å². The van der Waals surface area contributed by atoms with Gasteiger partial charge in [0.1, 0.15) is 0 Å². The van der Waals surface area contributed by atoms with Crippen LogP contribution in [0, 0.1) is 6.92 Å². The summed E-state index contributed by atoms with van der Waals surface area (Å²) in [6, 6.07) is 2.11. The number of carbonyl (C=O) groups is 1. The Bertz CT molecular complexity index is 381. The number of amides is 1. The quantitative estimate of drug-likeness (QED) is 0.872. The Hall–Kier alpha value is -0.840. The second-order valence-electron chi connectivity index (χ2n) is 4.21. The molecule has 0 unspecified atom stereocenters. The molecule has 2 N–H and O–H groups in total. The van der Waals surface area contributed by atoms with Gasteiger partial charge in [-0.05, 0) is 37.9 Å². The van der Waals surface area contributed by atoms with Gasteiger partial charge < -0.3 is 10.6 Å². The molecule has 1 aromatic heterocycles. The van der Waals surface area contributed by atoms with Crippen LogP contribution in [0.15, 0.2) is 18.5 Å². The molecule has 0 bridgehead atoms. The average Bonchev–Trinajstić information content (AvgIpc) is 2.31. The van der Waals surface area contributed by atoms with E-state index in [-0.39, 0.29) is 36.8 Å². The summed E-state index contributed by atoms with van der Waals surface area (Å²) in [5, 5.41) is 6.31. The van der Waals surface area contributed by atoms with Crippen LogP contribution in [0.2, 0.25) is 0 Å². The van der Waals surface area contributed by atoms with E-state index in [0.29, 0.717) is 5.56 Å². The van der Waals surface area contributed by atoms with Gasteiger partial charge >= 0.3 is 0 Å². The largest absolute Gasteiger partial charge is 0.348 e. The zero-order valence-corrected chi connectivity index (χ0v) is 11.9. The molecule has 2 heterocycles. The monoisotopic (exact) mass is 291 g/mol. The Balaban J connectivity index is 0.00000144. The van der Waals surface area contributed by atoms with Crippen molar-refractivity contribution in [3.05, 3.63) is 29.6 Å². The van der Waals surface area contributed by atoms with E-state index in [4.69, 9.17) is 0 Å². The smallest absolute Gasteiger partial charge is 0.253 e. The second kappa shape index (κ2) is 8.29. The number of aryl methyl sites for hydroxylation is 1. The minimum Gasteiger partial charge on any atom is -0.348 e. The standard InChI is InChI=1S/C12H17N3O.2ClH/c1-9-4-6-14-8-11(9)12(16)15-10-3-2-5-13-7-10;;/h4,6,8,10,13H,2-3,5,7H2,1H3,(H,15,16);2*1H/t10-;;/m0../s1. The maximum atomic E-state index is 12.0. The van der Waals surface area contributed by atoms with Gasteiger partial charge in [0.15, 0.2) is 0 Å². The summed E-state index contributed by atoms with van der Waals surface area (Å²) in [5.74, 6) is -0.0145. The SMILES string of the molecule is Cc1ccncc1C(=O)N[C@H]1CCCNC1.Cl.Cl. The number of nitrogens with zero attached hydrogens (tertiary/aromatic N) is 1. The number of rotatable bonds is 2. The first-order valence-corrected chi connectivity index (χ1v) is 5.69. The highest BCUT2D eigenvalue weighted by atomic mass is 35.5. The van der Waals surface area contributed by atoms with E-state index in [9.17, 15) is 4.79 Å². The summed E-state index contributed by atoms with van der Waals surface area (Å²) in [5.41, 5.74) is 1.64. The van der Waals surface area contributed by atoms with Crippen LogP contribution in [0.25, 0.3) is 0 Å². The van der Waals surface area contributed by atoms with E-state index >= 15 is 0 Å². The Morgan fingerprint density at radius 2 is 2.28 bits per heavy atom. The van der Waals surface area contributed by atoms with Gasteiger partial charge in [-0.2, -0.15) is 0 Å².